The second-order valence-electron chi connectivity index (χ2n) is 7.08. The van der Waals surface area contributed by atoms with Crippen LogP contribution in [0.5, 0.6) is 0 Å². The highest BCUT2D eigenvalue weighted by Crippen LogP contribution is 2.31. The monoisotopic (exact) mass is 400 g/mol. The Morgan fingerprint density at radius 3 is 2.53 bits per heavy atom. The Balaban J connectivity index is 1.48. The van der Waals surface area contributed by atoms with Gasteiger partial charge in [0.05, 0.1) is 17.8 Å². The number of anilines is 1. The van der Waals surface area contributed by atoms with Gasteiger partial charge in [0.15, 0.2) is 5.76 Å². The van der Waals surface area contributed by atoms with Gasteiger partial charge in [-0.3, -0.25) is 4.90 Å². The van der Waals surface area contributed by atoms with Crippen LogP contribution in [-0.2, 0) is 19.5 Å². The SMILES string of the molecule is CN1C(=O)N(Cc2ccc(C(=O)O)cc2)Cc2oc(C#CCc3ccccc3)cc21. The van der Waals surface area contributed by atoms with E-state index in [1.54, 1.807) is 35.0 Å². The van der Waals surface area contributed by atoms with E-state index in [9.17, 15) is 9.59 Å². The van der Waals surface area contributed by atoms with Crippen LogP contribution in [-0.4, -0.2) is 29.1 Å². The summed E-state index contributed by atoms with van der Waals surface area (Å²) >= 11 is 0. The van der Waals surface area contributed by atoms with Crippen LogP contribution in [0.1, 0.15) is 33.0 Å². The van der Waals surface area contributed by atoms with E-state index in [4.69, 9.17) is 9.52 Å². The lowest BCUT2D eigenvalue weighted by Crippen LogP contribution is -2.44. The zero-order valence-corrected chi connectivity index (χ0v) is 16.5. The van der Waals surface area contributed by atoms with Crippen LogP contribution in [0.2, 0.25) is 0 Å². The minimum absolute atomic E-state index is 0.144. The van der Waals surface area contributed by atoms with Gasteiger partial charge in [0.1, 0.15) is 5.76 Å². The van der Waals surface area contributed by atoms with Gasteiger partial charge in [-0.05, 0) is 29.2 Å². The van der Waals surface area contributed by atoms with Gasteiger partial charge in [-0.15, -0.1) is 0 Å². The van der Waals surface area contributed by atoms with Crippen molar-refractivity contribution in [1.29, 1.82) is 0 Å². The van der Waals surface area contributed by atoms with Crippen molar-refractivity contribution in [3.05, 3.63) is 88.9 Å². The number of carboxylic acids is 1. The van der Waals surface area contributed by atoms with Crippen LogP contribution >= 0.6 is 0 Å². The molecule has 1 aliphatic rings. The van der Waals surface area contributed by atoms with Crippen molar-refractivity contribution in [1.82, 2.24) is 4.90 Å². The van der Waals surface area contributed by atoms with Crippen LogP contribution in [0.3, 0.4) is 0 Å². The Hall–Kier alpha value is -3.98. The van der Waals surface area contributed by atoms with Crippen LogP contribution in [0.4, 0.5) is 10.5 Å². The molecule has 1 N–H and O–H groups in total. The fraction of sp³-hybridized carbons (Fsp3) is 0.167. The zero-order valence-electron chi connectivity index (χ0n) is 16.5. The van der Waals surface area contributed by atoms with E-state index in [0.717, 1.165) is 16.8 Å². The minimum atomic E-state index is -0.975. The van der Waals surface area contributed by atoms with Gasteiger partial charge >= 0.3 is 12.0 Å². The lowest BCUT2D eigenvalue weighted by atomic mass is 10.1. The van der Waals surface area contributed by atoms with Gasteiger partial charge in [-0.25, -0.2) is 9.59 Å². The first-order valence-corrected chi connectivity index (χ1v) is 9.51. The zero-order chi connectivity index (χ0) is 21.1. The number of benzene rings is 2. The molecule has 0 saturated carbocycles. The van der Waals surface area contributed by atoms with Crippen molar-refractivity contribution in [3.8, 4) is 11.8 Å². The van der Waals surface area contributed by atoms with Crippen LogP contribution < -0.4 is 4.90 Å². The maximum absolute atomic E-state index is 12.8. The maximum atomic E-state index is 12.8. The Morgan fingerprint density at radius 1 is 1.10 bits per heavy atom. The van der Waals surface area contributed by atoms with E-state index in [-0.39, 0.29) is 11.6 Å². The highest BCUT2D eigenvalue weighted by molar-refractivity contribution is 5.94. The number of amides is 2. The summed E-state index contributed by atoms with van der Waals surface area (Å²) in [5.74, 6) is 6.39. The molecule has 1 aromatic heterocycles. The van der Waals surface area contributed by atoms with E-state index < -0.39 is 5.97 Å². The number of hydrogen-bond acceptors (Lipinski definition) is 3. The molecule has 1 aliphatic heterocycles. The topological polar surface area (TPSA) is 74.0 Å². The molecule has 0 atom stereocenters. The Kier molecular flexibility index (Phi) is 5.27. The van der Waals surface area contributed by atoms with E-state index >= 15 is 0 Å². The van der Waals surface area contributed by atoms with E-state index in [2.05, 4.69) is 11.8 Å². The summed E-state index contributed by atoms with van der Waals surface area (Å²) in [6, 6.07) is 18.1. The third kappa shape index (κ3) is 4.06. The molecule has 0 radical (unpaired) electrons. The number of furan rings is 1. The number of urea groups is 1. The standard InChI is InChI=1S/C24H20N2O4/c1-25-21-14-20(9-5-8-17-6-3-2-4-7-17)30-22(21)16-26(24(25)29)15-18-10-12-19(13-11-18)23(27)28/h2-4,6-7,10-14H,8,15-16H2,1H3,(H,27,28). The molecular formula is C24H20N2O4. The number of aromatic carboxylic acids is 1. The highest BCUT2D eigenvalue weighted by atomic mass is 16.4. The molecule has 3 aromatic rings. The molecule has 150 valence electrons. The predicted molar refractivity (Wildman–Crippen MR) is 112 cm³/mol. The first-order chi connectivity index (χ1) is 14.5. The van der Waals surface area contributed by atoms with Crippen molar-refractivity contribution < 1.29 is 19.1 Å². The molecule has 6 nitrogen and oxygen atoms in total. The number of carbonyl (C=O) groups excluding carboxylic acids is 1. The number of hydrogen-bond donors (Lipinski definition) is 1. The summed E-state index contributed by atoms with van der Waals surface area (Å²) < 4.78 is 5.89. The Morgan fingerprint density at radius 2 is 1.83 bits per heavy atom. The fourth-order valence-corrected chi connectivity index (χ4v) is 3.36. The summed E-state index contributed by atoms with van der Waals surface area (Å²) in [6.45, 7) is 0.692. The van der Waals surface area contributed by atoms with Crippen molar-refractivity contribution in [3.63, 3.8) is 0 Å². The van der Waals surface area contributed by atoms with Crippen molar-refractivity contribution in [2.75, 3.05) is 11.9 Å². The molecule has 0 spiro atoms. The molecule has 6 heteroatoms. The van der Waals surface area contributed by atoms with Crippen molar-refractivity contribution >= 4 is 17.7 Å². The average molecular weight is 400 g/mol. The van der Waals surface area contributed by atoms with E-state index in [1.165, 1.54) is 12.1 Å². The van der Waals surface area contributed by atoms with Gasteiger partial charge in [0, 0.05) is 26.1 Å². The van der Waals surface area contributed by atoms with Crippen LogP contribution in [0.15, 0.2) is 65.1 Å². The second-order valence-corrected chi connectivity index (χ2v) is 7.08. The van der Waals surface area contributed by atoms with Gasteiger partial charge in [-0.1, -0.05) is 48.4 Å². The van der Waals surface area contributed by atoms with Gasteiger partial charge in [-0.2, -0.15) is 0 Å². The number of carbonyl (C=O) groups is 2. The third-order valence-corrected chi connectivity index (χ3v) is 4.96. The lowest BCUT2D eigenvalue weighted by Gasteiger charge is -2.32. The first kappa shape index (κ1) is 19.3. The largest absolute Gasteiger partial charge is 0.478 e. The van der Waals surface area contributed by atoms with E-state index in [0.29, 0.717) is 31.0 Å². The van der Waals surface area contributed by atoms with E-state index in [1.807, 2.05) is 30.3 Å². The Bertz CT molecular complexity index is 1140. The average Bonchev–Trinajstić information content (AvgIpc) is 3.16. The Labute approximate surface area is 174 Å². The minimum Gasteiger partial charge on any atom is -0.478 e. The molecular weight excluding hydrogens is 380 g/mol. The van der Waals surface area contributed by atoms with Gasteiger partial charge in [0.2, 0.25) is 0 Å². The van der Waals surface area contributed by atoms with Crippen LogP contribution in [0.25, 0.3) is 0 Å². The lowest BCUT2D eigenvalue weighted by molar-refractivity contribution is 0.0697. The second kappa shape index (κ2) is 8.18. The van der Waals surface area contributed by atoms with Crippen molar-refractivity contribution in [2.24, 2.45) is 0 Å². The van der Waals surface area contributed by atoms with Crippen molar-refractivity contribution in [2.45, 2.75) is 19.5 Å². The number of rotatable bonds is 4. The third-order valence-electron chi connectivity index (χ3n) is 4.96. The summed E-state index contributed by atoms with van der Waals surface area (Å²) in [4.78, 5) is 27.0. The summed E-state index contributed by atoms with van der Waals surface area (Å²) in [6.07, 6.45) is 0.624. The molecule has 2 heterocycles. The number of nitrogens with zero attached hydrogens (tertiary/aromatic N) is 2. The molecule has 4 rings (SSSR count). The smallest absolute Gasteiger partial charge is 0.335 e. The quantitative estimate of drug-likeness (QED) is 0.668. The molecule has 2 aromatic carbocycles. The number of carboxylic acid groups (broad SMARTS) is 1. The highest BCUT2D eigenvalue weighted by Gasteiger charge is 2.31. The normalized spacial score (nSPS) is 12.9. The summed E-state index contributed by atoms with van der Waals surface area (Å²) in [5, 5.41) is 9.02. The fourth-order valence-electron chi connectivity index (χ4n) is 3.36. The van der Waals surface area contributed by atoms with Gasteiger partial charge < -0.3 is 14.4 Å². The van der Waals surface area contributed by atoms with Crippen LogP contribution in [0, 0.1) is 11.8 Å². The molecule has 0 bridgehead atoms. The molecule has 2 amide bonds. The molecule has 0 aliphatic carbocycles. The summed E-state index contributed by atoms with van der Waals surface area (Å²) in [5.41, 5.74) is 2.92. The summed E-state index contributed by atoms with van der Waals surface area (Å²) in [7, 11) is 1.71. The first-order valence-electron chi connectivity index (χ1n) is 9.51. The number of fused-ring (bicyclic) bond motifs is 1. The predicted octanol–water partition coefficient (Wildman–Crippen LogP) is 4.14. The van der Waals surface area contributed by atoms with Gasteiger partial charge in [0.25, 0.3) is 0 Å². The molecule has 0 saturated heterocycles. The molecule has 30 heavy (non-hydrogen) atoms. The maximum Gasteiger partial charge on any atom is 0.335 e. The molecule has 0 unspecified atom stereocenters. The molecule has 0 fully saturated rings.